The molecule has 0 spiro atoms. The summed E-state index contributed by atoms with van der Waals surface area (Å²) in [5.41, 5.74) is 20.4. The standard InChI is InChI=1S/C73H62N2S/c1-9-22-52(12-4)55-30-36-62(37-31-55)75(63-38-32-56(33-39-63)54-25-17-15-18-26-54)64-40-42-66-65-41-34-59(48-68(65)73(7,8)69(66)49-64)58-35-43-70-67(47-58)60(50-74(70)61(14-6)23-10-2)46-51(11-3)24-21-29-53(13-5)71-44-45-72(76-71)57-27-19-16-20-28-57/h9-32,34-50,56H,1-6,33H2,7-8H3. The second-order valence-corrected chi connectivity index (χ2v) is 20.7. The molecular weight excluding hydrogens is 937 g/mol. The van der Waals surface area contributed by atoms with Gasteiger partial charge in [-0.3, -0.25) is 0 Å². The van der Waals surface area contributed by atoms with Crippen molar-refractivity contribution in [2.45, 2.75) is 31.6 Å². The number of nitrogens with zero attached hydrogens (tertiary/aromatic N) is 2. The zero-order valence-corrected chi connectivity index (χ0v) is 44.3. The second-order valence-electron chi connectivity index (χ2n) is 19.6. The highest BCUT2D eigenvalue weighted by Gasteiger charge is 2.36. The van der Waals surface area contributed by atoms with Crippen LogP contribution in [0.1, 0.15) is 58.9 Å². The Morgan fingerprint density at radius 1 is 0.632 bits per heavy atom. The van der Waals surface area contributed by atoms with Crippen molar-refractivity contribution in [3.05, 3.63) is 326 Å². The minimum Gasteiger partial charge on any atom is -0.316 e. The Bertz CT molecular complexity index is 3790. The summed E-state index contributed by atoms with van der Waals surface area (Å²) in [4.78, 5) is 4.80. The van der Waals surface area contributed by atoms with Gasteiger partial charge in [0.15, 0.2) is 0 Å². The predicted octanol–water partition coefficient (Wildman–Crippen LogP) is 20.5. The van der Waals surface area contributed by atoms with Crippen molar-refractivity contribution in [3.63, 3.8) is 0 Å². The van der Waals surface area contributed by atoms with E-state index in [1.54, 1.807) is 17.4 Å². The summed E-state index contributed by atoms with van der Waals surface area (Å²) < 4.78 is 2.19. The summed E-state index contributed by atoms with van der Waals surface area (Å²) >= 11 is 1.77. The molecule has 1 unspecified atom stereocenters. The first-order valence-corrected chi connectivity index (χ1v) is 26.7. The van der Waals surface area contributed by atoms with Crippen molar-refractivity contribution in [1.82, 2.24) is 4.57 Å². The largest absolute Gasteiger partial charge is 0.316 e. The van der Waals surface area contributed by atoms with E-state index in [1.807, 2.05) is 48.6 Å². The summed E-state index contributed by atoms with van der Waals surface area (Å²) in [7, 11) is 0. The molecule has 0 fully saturated rings. The van der Waals surface area contributed by atoms with E-state index >= 15 is 0 Å². The van der Waals surface area contributed by atoms with E-state index < -0.39 is 0 Å². The smallest absolute Gasteiger partial charge is 0.0535 e. The minimum absolute atomic E-state index is 0.274. The molecule has 0 radical (unpaired) electrons. The molecule has 0 saturated carbocycles. The van der Waals surface area contributed by atoms with Gasteiger partial charge in [-0.25, -0.2) is 0 Å². The lowest BCUT2D eigenvalue weighted by molar-refractivity contribution is 0.660. The number of allylic oxidation sites excluding steroid dienone is 18. The Hall–Kier alpha value is -9.02. The third-order valence-electron chi connectivity index (χ3n) is 14.7. The van der Waals surface area contributed by atoms with E-state index in [1.165, 1.54) is 48.7 Å². The number of thiophene rings is 1. The molecule has 2 nitrogen and oxygen atoms in total. The lowest BCUT2D eigenvalue weighted by Crippen LogP contribution is -2.19. The van der Waals surface area contributed by atoms with Gasteiger partial charge in [0.25, 0.3) is 0 Å². The maximum Gasteiger partial charge on any atom is 0.0535 e. The number of hydrogen-bond acceptors (Lipinski definition) is 2. The minimum atomic E-state index is -0.274. The lowest BCUT2D eigenvalue weighted by atomic mass is 9.81. The van der Waals surface area contributed by atoms with Crippen molar-refractivity contribution in [2.75, 3.05) is 4.90 Å². The van der Waals surface area contributed by atoms with Crippen LogP contribution in [0.4, 0.5) is 11.4 Å². The summed E-state index contributed by atoms with van der Waals surface area (Å²) in [5.74, 6) is 0.330. The van der Waals surface area contributed by atoms with Gasteiger partial charge in [-0.05, 0) is 152 Å². The maximum atomic E-state index is 4.23. The molecule has 10 rings (SSSR count). The van der Waals surface area contributed by atoms with E-state index in [0.29, 0.717) is 5.92 Å². The van der Waals surface area contributed by atoms with E-state index in [-0.39, 0.29) is 5.41 Å². The van der Waals surface area contributed by atoms with Gasteiger partial charge in [-0.2, -0.15) is 0 Å². The highest BCUT2D eigenvalue weighted by molar-refractivity contribution is 7.16. The Labute approximate surface area is 454 Å². The highest BCUT2D eigenvalue weighted by atomic mass is 32.1. The first-order valence-electron chi connectivity index (χ1n) is 25.9. The summed E-state index contributed by atoms with van der Waals surface area (Å²) in [6.07, 6.45) is 33.8. The lowest BCUT2D eigenvalue weighted by Gasteiger charge is -2.31. The molecule has 0 saturated heterocycles. The number of hydrogen-bond donors (Lipinski definition) is 0. The van der Waals surface area contributed by atoms with Crippen molar-refractivity contribution < 1.29 is 0 Å². The highest BCUT2D eigenvalue weighted by Crippen LogP contribution is 2.52. The fourth-order valence-corrected chi connectivity index (χ4v) is 11.7. The molecule has 2 aromatic heterocycles. The van der Waals surface area contributed by atoms with Crippen molar-refractivity contribution in [1.29, 1.82) is 0 Å². The zero-order chi connectivity index (χ0) is 52.8. The molecule has 3 heteroatoms. The van der Waals surface area contributed by atoms with Gasteiger partial charge < -0.3 is 9.47 Å². The molecule has 0 N–H and O–H groups in total. The van der Waals surface area contributed by atoms with Crippen LogP contribution in [0.2, 0.25) is 0 Å². The molecule has 370 valence electrons. The number of fused-ring (bicyclic) bond motifs is 4. The van der Waals surface area contributed by atoms with Gasteiger partial charge in [0.05, 0.1) is 5.52 Å². The Kier molecular flexibility index (Phi) is 14.8. The topological polar surface area (TPSA) is 8.17 Å². The van der Waals surface area contributed by atoms with Gasteiger partial charge in [-0.1, -0.05) is 217 Å². The summed E-state index contributed by atoms with van der Waals surface area (Å²) in [6, 6.07) is 55.2. The van der Waals surface area contributed by atoms with Crippen molar-refractivity contribution >= 4 is 56.5 Å². The molecule has 2 aliphatic rings. The third kappa shape index (κ3) is 10.0. The van der Waals surface area contributed by atoms with Gasteiger partial charge >= 0.3 is 0 Å². The molecule has 0 amide bonds. The predicted molar refractivity (Wildman–Crippen MR) is 333 cm³/mol. The monoisotopic (exact) mass is 998 g/mol. The Morgan fingerprint density at radius 3 is 2.00 bits per heavy atom. The quantitative estimate of drug-likeness (QED) is 0.0778. The first-order chi connectivity index (χ1) is 37.1. The van der Waals surface area contributed by atoms with Crippen LogP contribution in [0.5, 0.6) is 0 Å². The van der Waals surface area contributed by atoms with Crippen molar-refractivity contribution in [2.24, 2.45) is 0 Å². The molecule has 2 aliphatic carbocycles. The molecule has 0 aliphatic heterocycles. The SMILES string of the molecule is C=CC=C(C=C)c1ccc(N(C2=CCC(c3ccccc3)C=C2)c2ccc3c(c2)C(C)(C)c2cc(-c4ccc5c(c4)c(C=C(C=C)C=CC=C(C=C)c4ccc(-c6ccccc6)s4)cn5C(C=C)=CC=C)ccc2-3)cc1. The molecule has 6 aromatic carbocycles. The maximum absolute atomic E-state index is 4.23. The fraction of sp³-hybridized carbons (Fsp3) is 0.0685. The third-order valence-corrected chi connectivity index (χ3v) is 15.9. The summed E-state index contributed by atoms with van der Waals surface area (Å²) in [6.45, 7) is 29.3. The van der Waals surface area contributed by atoms with E-state index in [4.69, 9.17) is 0 Å². The molecule has 8 aromatic rings. The number of benzene rings is 6. The molecule has 1 atom stereocenters. The normalized spacial score (nSPS) is 15.2. The molecule has 2 heterocycles. The number of rotatable bonds is 18. The van der Waals surface area contributed by atoms with Gasteiger partial charge in [0, 0.05) is 61.0 Å². The molecular formula is C73H62N2S. The van der Waals surface area contributed by atoms with Crippen LogP contribution in [0, 0.1) is 0 Å². The fourth-order valence-electron chi connectivity index (χ4n) is 10.7. The van der Waals surface area contributed by atoms with Crippen LogP contribution in [-0.2, 0) is 5.41 Å². The first kappa shape index (κ1) is 50.5. The second kappa shape index (κ2) is 22.2. The van der Waals surface area contributed by atoms with Crippen LogP contribution in [0.25, 0.3) is 66.5 Å². The average Bonchev–Trinajstić information content (AvgIpc) is 4.25. The molecule has 0 bridgehead atoms. The van der Waals surface area contributed by atoms with Gasteiger partial charge in [0.1, 0.15) is 0 Å². The summed E-state index contributed by atoms with van der Waals surface area (Å²) in [5, 5.41) is 1.12. The van der Waals surface area contributed by atoms with Crippen LogP contribution < -0.4 is 4.90 Å². The number of aromatic nitrogens is 1. The van der Waals surface area contributed by atoms with Gasteiger partial charge in [-0.15, -0.1) is 11.3 Å². The van der Waals surface area contributed by atoms with Crippen LogP contribution in [0.3, 0.4) is 0 Å². The zero-order valence-electron chi connectivity index (χ0n) is 43.5. The van der Waals surface area contributed by atoms with Crippen LogP contribution >= 0.6 is 11.3 Å². The Morgan fingerprint density at radius 2 is 1.32 bits per heavy atom. The van der Waals surface area contributed by atoms with Crippen molar-refractivity contribution in [3.8, 4) is 32.7 Å². The average molecular weight is 999 g/mol. The van der Waals surface area contributed by atoms with Crippen LogP contribution in [0.15, 0.2) is 294 Å². The van der Waals surface area contributed by atoms with E-state index in [2.05, 4.69) is 257 Å². The van der Waals surface area contributed by atoms with Crippen LogP contribution in [-0.4, -0.2) is 4.57 Å². The van der Waals surface area contributed by atoms with Gasteiger partial charge in [0.2, 0.25) is 0 Å². The number of anilines is 2. The van der Waals surface area contributed by atoms with E-state index in [0.717, 1.165) is 73.5 Å². The van der Waals surface area contributed by atoms with E-state index in [9.17, 15) is 0 Å². The molecule has 76 heavy (non-hydrogen) atoms. The Balaban J connectivity index is 0.987.